The van der Waals surface area contributed by atoms with E-state index >= 15 is 0 Å². The largest absolute Gasteiger partial charge is 0.381 e. The van der Waals surface area contributed by atoms with Gasteiger partial charge in [-0.1, -0.05) is 11.6 Å². The number of aromatic nitrogens is 3. The molecule has 0 amide bonds. The molecule has 0 aliphatic carbocycles. The Labute approximate surface area is 98.2 Å². The molecule has 0 spiro atoms. The van der Waals surface area contributed by atoms with Crippen LogP contribution in [-0.2, 0) is 11.3 Å². The highest BCUT2D eigenvalue weighted by molar-refractivity contribution is 6.29. The van der Waals surface area contributed by atoms with Gasteiger partial charge in [0, 0.05) is 12.5 Å². The van der Waals surface area contributed by atoms with Crippen LogP contribution in [0.3, 0.4) is 0 Å². The lowest BCUT2D eigenvalue weighted by Gasteiger charge is -2.26. The van der Waals surface area contributed by atoms with Crippen molar-refractivity contribution in [3.05, 3.63) is 23.1 Å². The Bertz CT molecular complexity index is 533. The second-order valence-corrected chi connectivity index (χ2v) is 4.54. The summed E-state index contributed by atoms with van der Waals surface area (Å²) in [5.74, 6) is 1.56. The maximum absolute atomic E-state index is 5.91. The predicted octanol–water partition coefficient (Wildman–Crippen LogP) is 2.04. The van der Waals surface area contributed by atoms with Crippen LogP contribution in [0.2, 0.25) is 5.15 Å². The van der Waals surface area contributed by atoms with Crippen LogP contribution in [0.15, 0.2) is 12.1 Å². The summed E-state index contributed by atoms with van der Waals surface area (Å²) < 4.78 is 7.30. The summed E-state index contributed by atoms with van der Waals surface area (Å²) in [7, 11) is 0. The van der Waals surface area contributed by atoms with E-state index in [1.165, 1.54) is 0 Å². The number of halogens is 1. The standard InChI is InChI=1S/C11H12ClN3O/c1-7-13-9-2-3-10(12)14-11(9)15(7)4-8-5-16-6-8/h2-3,8H,4-6H2,1H3. The highest BCUT2D eigenvalue weighted by atomic mass is 35.5. The van der Waals surface area contributed by atoms with Crippen molar-refractivity contribution >= 4 is 22.8 Å². The average Bonchev–Trinajstić information content (AvgIpc) is 2.48. The Kier molecular flexibility index (Phi) is 2.33. The monoisotopic (exact) mass is 237 g/mol. The van der Waals surface area contributed by atoms with Gasteiger partial charge < -0.3 is 9.30 Å². The summed E-state index contributed by atoms with van der Waals surface area (Å²) in [5.41, 5.74) is 1.78. The first-order chi connectivity index (χ1) is 7.74. The van der Waals surface area contributed by atoms with Crippen LogP contribution < -0.4 is 0 Å². The minimum absolute atomic E-state index is 0.513. The zero-order valence-electron chi connectivity index (χ0n) is 8.98. The van der Waals surface area contributed by atoms with E-state index in [0.717, 1.165) is 36.7 Å². The third-order valence-electron chi connectivity index (χ3n) is 2.90. The Balaban J connectivity index is 2.06. The molecule has 0 radical (unpaired) electrons. The fraction of sp³-hybridized carbons (Fsp3) is 0.455. The summed E-state index contributed by atoms with van der Waals surface area (Å²) in [6.07, 6.45) is 0. The smallest absolute Gasteiger partial charge is 0.161 e. The molecule has 1 aliphatic rings. The van der Waals surface area contributed by atoms with E-state index in [-0.39, 0.29) is 0 Å². The third-order valence-corrected chi connectivity index (χ3v) is 3.11. The van der Waals surface area contributed by atoms with Gasteiger partial charge in [-0.3, -0.25) is 0 Å². The van der Waals surface area contributed by atoms with Gasteiger partial charge in [0.1, 0.15) is 16.5 Å². The van der Waals surface area contributed by atoms with Gasteiger partial charge in [0.25, 0.3) is 0 Å². The van der Waals surface area contributed by atoms with E-state index in [9.17, 15) is 0 Å². The summed E-state index contributed by atoms with van der Waals surface area (Å²) in [6.45, 7) is 4.57. The number of hydrogen-bond acceptors (Lipinski definition) is 3. The minimum atomic E-state index is 0.513. The summed E-state index contributed by atoms with van der Waals surface area (Å²) >= 11 is 5.91. The van der Waals surface area contributed by atoms with Crippen molar-refractivity contribution in [2.24, 2.45) is 5.92 Å². The number of imidazole rings is 1. The van der Waals surface area contributed by atoms with E-state index in [4.69, 9.17) is 16.3 Å². The lowest BCUT2D eigenvalue weighted by atomic mass is 10.1. The molecule has 0 bridgehead atoms. The minimum Gasteiger partial charge on any atom is -0.381 e. The lowest BCUT2D eigenvalue weighted by Crippen LogP contribution is -2.31. The van der Waals surface area contributed by atoms with Crippen LogP contribution in [0.5, 0.6) is 0 Å². The van der Waals surface area contributed by atoms with Gasteiger partial charge in [-0.15, -0.1) is 0 Å². The van der Waals surface area contributed by atoms with Crippen molar-refractivity contribution in [1.29, 1.82) is 0 Å². The van der Waals surface area contributed by atoms with E-state index < -0.39 is 0 Å². The van der Waals surface area contributed by atoms with Gasteiger partial charge >= 0.3 is 0 Å². The maximum Gasteiger partial charge on any atom is 0.161 e. The number of nitrogens with zero attached hydrogens (tertiary/aromatic N) is 3. The number of aryl methyl sites for hydroxylation is 1. The number of pyridine rings is 1. The molecule has 1 fully saturated rings. The van der Waals surface area contributed by atoms with Gasteiger partial charge in [0.05, 0.1) is 13.2 Å². The number of hydrogen-bond donors (Lipinski definition) is 0. The molecular weight excluding hydrogens is 226 g/mol. The molecule has 2 aromatic rings. The number of ether oxygens (including phenoxy) is 1. The molecule has 4 nitrogen and oxygen atoms in total. The molecule has 0 saturated carbocycles. The molecule has 0 unspecified atom stereocenters. The van der Waals surface area contributed by atoms with Crippen molar-refractivity contribution < 1.29 is 4.74 Å². The second-order valence-electron chi connectivity index (χ2n) is 4.15. The van der Waals surface area contributed by atoms with Crippen LogP contribution >= 0.6 is 11.6 Å². The van der Waals surface area contributed by atoms with Gasteiger partial charge in [-0.05, 0) is 19.1 Å². The molecule has 84 valence electrons. The zero-order chi connectivity index (χ0) is 11.1. The van der Waals surface area contributed by atoms with E-state index in [1.807, 2.05) is 13.0 Å². The summed E-state index contributed by atoms with van der Waals surface area (Å²) in [4.78, 5) is 8.80. The topological polar surface area (TPSA) is 39.9 Å². The molecule has 3 rings (SSSR count). The predicted molar refractivity (Wildman–Crippen MR) is 61.6 cm³/mol. The number of rotatable bonds is 2. The van der Waals surface area contributed by atoms with Crippen LogP contribution in [0.4, 0.5) is 0 Å². The highest BCUT2D eigenvalue weighted by Crippen LogP contribution is 2.20. The SMILES string of the molecule is Cc1nc2ccc(Cl)nc2n1CC1COC1. The van der Waals surface area contributed by atoms with E-state index in [1.54, 1.807) is 6.07 Å². The quantitative estimate of drug-likeness (QED) is 0.751. The van der Waals surface area contributed by atoms with Crippen molar-refractivity contribution in [3.8, 4) is 0 Å². The summed E-state index contributed by atoms with van der Waals surface area (Å²) in [6, 6.07) is 3.68. The van der Waals surface area contributed by atoms with Crippen molar-refractivity contribution in [3.63, 3.8) is 0 Å². The Morgan fingerprint density at radius 3 is 2.94 bits per heavy atom. The van der Waals surface area contributed by atoms with Crippen molar-refractivity contribution in [1.82, 2.24) is 14.5 Å². The maximum atomic E-state index is 5.91. The molecule has 16 heavy (non-hydrogen) atoms. The van der Waals surface area contributed by atoms with Crippen LogP contribution in [-0.4, -0.2) is 27.7 Å². The van der Waals surface area contributed by atoms with Gasteiger partial charge in [0.15, 0.2) is 5.65 Å². The Morgan fingerprint density at radius 2 is 2.25 bits per heavy atom. The lowest BCUT2D eigenvalue weighted by molar-refractivity contribution is -0.0392. The van der Waals surface area contributed by atoms with E-state index in [2.05, 4.69) is 14.5 Å². The van der Waals surface area contributed by atoms with Gasteiger partial charge in [-0.25, -0.2) is 9.97 Å². The second kappa shape index (κ2) is 3.71. The molecule has 5 heteroatoms. The van der Waals surface area contributed by atoms with Crippen LogP contribution in [0.1, 0.15) is 5.82 Å². The highest BCUT2D eigenvalue weighted by Gasteiger charge is 2.21. The van der Waals surface area contributed by atoms with Gasteiger partial charge in [-0.2, -0.15) is 0 Å². The van der Waals surface area contributed by atoms with E-state index in [0.29, 0.717) is 11.1 Å². The first-order valence-electron chi connectivity index (χ1n) is 5.31. The molecule has 3 heterocycles. The normalized spacial score (nSPS) is 16.6. The van der Waals surface area contributed by atoms with Crippen molar-refractivity contribution in [2.45, 2.75) is 13.5 Å². The molecule has 0 aromatic carbocycles. The fourth-order valence-corrected chi connectivity index (χ4v) is 2.10. The van der Waals surface area contributed by atoms with Crippen LogP contribution in [0.25, 0.3) is 11.2 Å². The van der Waals surface area contributed by atoms with Gasteiger partial charge in [0.2, 0.25) is 0 Å². The van der Waals surface area contributed by atoms with Crippen LogP contribution in [0, 0.1) is 12.8 Å². The Morgan fingerprint density at radius 1 is 1.44 bits per heavy atom. The zero-order valence-corrected chi connectivity index (χ0v) is 9.74. The molecular formula is C11H12ClN3O. The van der Waals surface area contributed by atoms with Crippen molar-refractivity contribution in [2.75, 3.05) is 13.2 Å². The average molecular weight is 238 g/mol. The number of fused-ring (bicyclic) bond motifs is 1. The molecule has 1 aliphatic heterocycles. The summed E-state index contributed by atoms with van der Waals surface area (Å²) in [5, 5.41) is 0.513. The molecule has 1 saturated heterocycles. The first-order valence-corrected chi connectivity index (χ1v) is 5.69. The Hall–Kier alpha value is -1.13. The third kappa shape index (κ3) is 1.58. The first kappa shape index (κ1) is 10.1. The fourth-order valence-electron chi connectivity index (χ4n) is 1.96. The molecule has 2 aromatic heterocycles. The molecule has 0 N–H and O–H groups in total. The molecule has 0 atom stereocenters.